The highest BCUT2D eigenvalue weighted by Gasteiger charge is 2.38. The van der Waals surface area contributed by atoms with Crippen molar-refractivity contribution in [2.24, 2.45) is 4.99 Å². The summed E-state index contributed by atoms with van der Waals surface area (Å²) in [5.41, 5.74) is -0.575. The zero-order chi connectivity index (χ0) is 21.1. The molecule has 0 N–H and O–H groups in total. The Morgan fingerprint density at radius 1 is 1.00 bits per heavy atom. The van der Waals surface area contributed by atoms with Crippen molar-refractivity contribution in [3.05, 3.63) is 64.5 Å². The van der Waals surface area contributed by atoms with E-state index in [0.29, 0.717) is 11.1 Å². The number of halogens is 5. The van der Waals surface area contributed by atoms with E-state index in [1.165, 1.54) is 12.1 Å². The molecule has 0 fully saturated rings. The van der Waals surface area contributed by atoms with Crippen LogP contribution >= 0.6 is 0 Å². The Labute approximate surface area is 162 Å². The summed E-state index contributed by atoms with van der Waals surface area (Å²) in [5.74, 6) is -2.51. The van der Waals surface area contributed by atoms with Gasteiger partial charge < -0.3 is 0 Å². The van der Waals surface area contributed by atoms with Crippen LogP contribution in [0.3, 0.4) is 0 Å². The SMILES string of the molecule is CC1c2cc(C(F)(F)F)ccc2C(c2nnc3c(F)c(F)ccc3n2)=NC1(C)C. The largest absolute Gasteiger partial charge is 0.416 e. The van der Waals surface area contributed by atoms with E-state index >= 15 is 0 Å². The highest BCUT2D eigenvalue weighted by atomic mass is 19.4. The third-order valence-corrected chi connectivity index (χ3v) is 5.29. The topological polar surface area (TPSA) is 51.0 Å². The smallest absolute Gasteiger partial charge is 0.274 e. The van der Waals surface area contributed by atoms with Gasteiger partial charge in [-0.15, -0.1) is 10.2 Å². The molecule has 0 saturated carbocycles. The zero-order valence-electron chi connectivity index (χ0n) is 15.6. The van der Waals surface area contributed by atoms with Crippen molar-refractivity contribution in [1.82, 2.24) is 15.2 Å². The molecular weight excluding hydrogens is 391 g/mol. The van der Waals surface area contributed by atoms with Gasteiger partial charge in [0.2, 0.25) is 5.82 Å². The van der Waals surface area contributed by atoms with Crippen LogP contribution in [0.5, 0.6) is 0 Å². The second-order valence-electron chi connectivity index (χ2n) is 7.50. The fourth-order valence-electron chi connectivity index (χ4n) is 3.36. The van der Waals surface area contributed by atoms with Crippen molar-refractivity contribution in [1.29, 1.82) is 0 Å². The van der Waals surface area contributed by atoms with Crippen LogP contribution in [0, 0.1) is 11.6 Å². The van der Waals surface area contributed by atoms with Gasteiger partial charge in [-0.05, 0) is 43.7 Å². The summed E-state index contributed by atoms with van der Waals surface area (Å²) in [6, 6.07) is 5.61. The van der Waals surface area contributed by atoms with Gasteiger partial charge in [0.25, 0.3) is 0 Å². The van der Waals surface area contributed by atoms with Gasteiger partial charge in [-0.25, -0.2) is 13.8 Å². The number of fused-ring (bicyclic) bond motifs is 2. The molecule has 0 radical (unpaired) electrons. The highest BCUT2D eigenvalue weighted by Crippen LogP contribution is 2.41. The van der Waals surface area contributed by atoms with E-state index in [0.717, 1.165) is 18.2 Å². The number of alkyl halides is 3. The number of nitrogens with zero attached hydrogens (tertiary/aromatic N) is 4. The molecule has 1 aliphatic rings. The van der Waals surface area contributed by atoms with Gasteiger partial charge in [0.05, 0.1) is 16.6 Å². The van der Waals surface area contributed by atoms with Crippen LogP contribution in [0.4, 0.5) is 22.0 Å². The van der Waals surface area contributed by atoms with Gasteiger partial charge >= 0.3 is 6.18 Å². The van der Waals surface area contributed by atoms with Crippen LogP contribution in [0.2, 0.25) is 0 Å². The fraction of sp³-hybridized carbons (Fsp3) is 0.300. The second-order valence-corrected chi connectivity index (χ2v) is 7.50. The lowest BCUT2D eigenvalue weighted by Crippen LogP contribution is -2.34. The Bertz CT molecular complexity index is 1170. The number of benzene rings is 2. The van der Waals surface area contributed by atoms with E-state index in [9.17, 15) is 22.0 Å². The van der Waals surface area contributed by atoms with Crippen molar-refractivity contribution in [3.8, 4) is 0 Å². The van der Waals surface area contributed by atoms with Crippen molar-refractivity contribution >= 4 is 16.7 Å². The van der Waals surface area contributed by atoms with Gasteiger partial charge in [0.1, 0.15) is 5.71 Å². The summed E-state index contributed by atoms with van der Waals surface area (Å²) in [5, 5.41) is 7.60. The maximum atomic E-state index is 13.9. The number of hydrogen-bond acceptors (Lipinski definition) is 4. The summed E-state index contributed by atoms with van der Waals surface area (Å²) in [6.45, 7) is 5.39. The molecule has 150 valence electrons. The minimum Gasteiger partial charge on any atom is -0.274 e. The third kappa shape index (κ3) is 3.14. The molecule has 3 aromatic rings. The molecule has 2 aromatic carbocycles. The van der Waals surface area contributed by atoms with E-state index in [4.69, 9.17) is 0 Å². The Hall–Kier alpha value is -2.97. The lowest BCUT2D eigenvalue weighted by atomic mass is 9.77. The number of rotatable bonds is 1. The summed E-state index contributed by atoms with van der Waals surface area (Å²) < 4.78 is 66.9. The molecule has 1 unspecified atom stereocenters. The molecule has 1 atom stereocenters. The van der Waals surface area contributed by atoms with Crippen LogP contribution in [-0.4, -0.2) is 26.4 Å². The zero-order valence-corrected chi connectivity index (χ0v) is 15.6. The maximum Gasteiger partial charge on any atom is 0.416 e. The summed E-state index contributed by atoms with van der Waals surface area (Å²) in [4.78, 5) is 8.88. The van der Waals surface area contributed by atoms with Crippen LogP contribution in [0.1, 0.15) is 49.2 Å². The van der Waals surface area contributed by atoms with Crippen molar-refractivity contribution < 1.29 is 22.0 Å². The number of hydrogen-bond donors (Lipinski definition) is 0. The third-order valence-electron chi connectivity index (χ3n) is 5.29. The summed E-state index contributed by atoms with van der Waals surface area (Å²) in [6.07, 6.45) is -4.48. The molecule has 1 aromatic heterocycles. The first-order valence-corrected chi connectivity index (χ1v) is 8.79. The Balaban J connectivity index is 1.92. The number of aliphatic imine (C=N–C) groups is 1. The first-order valence-electron chi connectivity index (χ1n) is 8.79. The van der Waals surface area contributed by atoms with Gasteiger partial charge in [-0.2, -0.15) is 13.2 Å². The van der Waals surface area contributed by atoms with E-state index in [1.807, 2.05) is 0 Å². The van der Waals surface area contributed by atoms with Gasteiger partial charge in [-0.1, -0.05) is 13.0 Å². The maximum absolute atomic E-state index is 13.9. The molecule has 4 nitrogen and oxygen atoms in total. The van der Waals surface area contributed by atoms with E-state index in [2.05, 4.69) is 20.2 Å². The first kappa shape index (κ1) is 19.4. The van der Waals surface area contributed by atoms with E-state index < -0.39 is 28.9 Å². The number of aromatic nitrogens is 3. The normalized spacial score (nSPS) is 18.5. The van der Waals surface area contributed by atoms with Crippen LogP contribution in [0.15, 0.2) is 35.3 Å². The van der Waals surface area contributed by atoms with Crippen LogP contribution < -0.4 is 0 Å². The molecule has 0 spiro atoms. The average Bonchev–Trinajstić information content (AvgIpc) is 2.66. The molecule has 1 aliphatic heterocycles. The first-order chi connectivity index (χ1) is 13.5. The Morgan fingerprint density at radius 3 is 2.41 bits per heavy atom. The van der Waals surface area contributed by atoms with Crippen molar-refractivity contribution in [2.45, 2.75) is 38.4 Å². The second kappa shape index (κ2) is 6.27. The molecule has 0 aliphatic carbocycles. The van der Waals surface area contributed by atoms with Gasteiger partial charge in [0.15, 0.2) is 17.2 Å². The van der Waals surface area contributed by atoms with Crippen LogP contribution in [0.25, 0.3) is 11.0 Å². The van der Waals surface area contributed by atoms with Crippen LogP contribution in [-0.2, 0) is 6.18 Å². The lowest BCUT2D eigenvalue weighted by Gasteiger charge is -2.35. The molecular formula is C20H15F5N4. The quantitative estimate of drug-likeness (QED) is 0.531. The molecule has 9 heteroatoms. The average molecular weight is 406 g/mol. The standard InChI is InChI=1S/C20H15F5N4/c1-9-12-8-10(20(23,24)25)4-5-11(12)16(27-19(9,2)3)18-26-14-7-6-13(21)15(22)17(14)28-29-18/h4-9H,1-3H3. The molecule has 4 rings (SSSR count). The minimum atomic E-state index is -4.48. The predicted molar refractivity (Wildman–Crippen MR) is 96.8 cm³/mol. The molecule has 0 amide bonds. The Morgan fingerprint density at radius 2 is 1.72 bits per heavy atom. The van der Waals surface area contributed by atoms with E-state index in [1.54, 1.807) is 20.8 Å². The van der Waals surface area contributed by atoms with Crippen molar-refractivity contribution in [2.75, 3.05) is 0 Å². The highest BCUT2D eigenvalue weighted by molar-refractivity contribution is 6.13. The predicted octanol–water partition coefficient (Wildman–Crippen LogP) is 5.05. The molecule has 29 heavy (non-hydrogen) atoms. The summed E-state index contributed by atoms with van der Waals surface area (Å²) >= 11 is 0. The van der Waals surface area contributed by atoms with E-state index in [-0.39, 0.29) is 28.5 Å². The van der Waals surface area contributed by atoms with Gasteiger partial charge in [-0.3, -0.25) is 4.99 Å². The molecule has 0 saturated heterocycles. The fourth-order valence-corrected chi connectivity index (χ4v) is 3.36. The molecule has 2 heterocycles. The van der Waals surface area contributed by atoms with Gasteiger partial charge in [0, 0.05) is 11.5 Å². The van der Waals surface area contributed by atoms with Crippen molar-refractivity contribution in [3.63, 3.8) is 0 Å². The summed E-state index contributed by atoms with van der Waals surface area (Å²) in [7, 11) is 0. The molecule has 0 bridgehead atoms. The monoisotopic (exact) mass is 406 g/mol. The lowest BCUT2D eigenvalue weighted by molar-refractivity contribution is -0.137. The Kier molecular flexibility index (Phi) is 4.18. The minimum absolute atomic E-state index is 0.0319.